The number of anilines is 2. The molecule has 0 fully saturated rings. The summed E-state index contributed by atoms with van der Waals surface area (Å²) in [5.74, 6) is 0.357. The van der Waals surface area contributed by atoms with Crippen LogP contribution in [-0.2, 0) is 9.53 Å². The van der Waals surface area contributed by atoms with Crippen molar-refractivity contribution in [2.75, 3.05) is 17.7 Å². The summed E-state index contributed by atoms with van der Waals surface area (Å²) in [5.41, 5.74) is 7.09. The van der Waals surface area contributed by atoms with Crippen molar-refractivity contribution >= 4 is 17.5 Å². The van der Waals surface area contributed by atoms with E-state index in [1.807, 2.05) is 6.92 Å². The molecular formula is C11H17N3O2. The van der Waals surface area contributed by atoms with Gasteiger partial charge in [0, 0.05) is 0 Å². The van der Waals surface area contributed by atoms with E-state index in [0.717, 1.165) is 5.56 Å². The molecule has 0 aromatic carbocycles. The summed E-state index contributed by atoms with van der Waals surface area (Å²) in [6.07, 6.45) is 1.55. The molecule has 1 heterocycles. The molecule has 0 aliphatic heterocycles. The number of hydrogen-bond acceptors (Lipinski definition) is 5. The minimum atomic E-state index is -0.422. The van der Waals surface area contributed by atoms with Gasteiger partial charge in [0.25, 0.3) is 0 Å². The lowest BCUT2D eigenvalue weighted by Gasteiger charge is -2.14. The number of nitrogens with one attached hydrogen (secondary N) is 1. The number of carbonyl (C=O) groups excluding carboxylic acids is 1. The van der Waals surface area contributed by atoms with Crippen LogP contribution in [0.2, 0.25) is 0 Å². The maximum atomic E-state index is 11.4. The van der Waals surface area contributed by atoms with Crippen LogP contribution in [0.5, 0.6) is 0 Å². The maximum Gasteiger partial charge on any atom is 0.328 e. The summed E-state index contributed by atoms with van der Waals surface area (Å²) < 4.78 is 4.89. The molecule has 88 valence electrons. The second-order valence-corrected chi connectivity index (χ2v) is 3.55. The maximum absolute atomic E-state index is 11.4. The van der Waals surface area contributed by atoms with Gasteiger partial charge >= 0.3 is 5.97 Å². The zero-order valence-electron chi connectivity index (χ0n) is 9.78. The van der Waals surface area contributed by atoms with Crippen LogP contribution in [0.4, 0.5) is 11.5 Å². The number of hydrogen-bond donors (Lipinski definition) is 2. The van der Waals surface area contributed by atoms with E-state index < -0.39 is 6.04 Å². The quantitative estimate of drug-likeness (QED) is 0.753. The van der Waals surface area contributed by atoms with Crippen LogP contribution in [0, 0.1) is 6.92 Å². The van der Waals surface area contributed by atoms with Gasteiger partial charge in [0.2, 0.25) is 0 Å². The van der Waals surface area contributed by atoms with Gasteiger partial charge in [0.05, 0.1) is 18.5 Å². The zero-order chi connectivity index (χ0) is 12.1. The van der Waals surface area contributed by atoms with E-state index >= 15 is 0 Å². The van der Waals surface area contributed by atoms with Gasteiger partial charge in [-0.1, -0.05) is 0 Å². The number of nitrogens with zero attached hydrogens (tertiary/aromatic N) is 1. The average molecular weight is 223 g/mol. The zero-order valence-corrected chi connectivity index (χ0v) is 9.78. The summed E-state index contributed by atoms with van der Waals surface area (Å²) in [4.78, 5) is 15.5. The highest BCUT2D eigenvalue weighted by Crippen LogP contribution is 2.14. The Bertz CT molecular complexity index is 379. The third-order valence-corrected chi connectivity index (χ3v) is 2.09. The van der Waals surface area contributed by atoms with Crippen molar-refractivity contribution in [3.05, 3.63) is 17.8 Å². The first-order valence-electron chi connectivity index (χ1n) is 5.20. The van der Waals surface area contributed by atoms with Crippen molar-refractivity contribution in [2.45, 2.75) is 26.8 Å². The topological polar surface area (TPSA) is 77.2 Å². The number of nitrogens with two attached hydrogens (primary N) is 1. The van der Waals surface area contributed by atoms with Gasteiger partial charge < -0.3 is 15.8 Å². The SMILES string of the molecule is CCOC(=O)C(C)Nc1ncc(N)cc1C. The van der Waals surface area contributed by atoms with Gasteiger partial charge in [-0.2, -0.15) is 0 Å². The Morgan fingerprint density at radius 3 is 2.94 bits per heavy atom. The van der Waals surface area contributed by atoms with Gasteiger partial charge in [-0.25, -0.2) is 9.78 Å². The number of pyridine rings is 1. The fraction of sp³-hybridized carbons (Fsp3) is 0.455. The van der Waals surface area contributed by atoms with Gasteiger partial charge in [-0.15, -0.1) is 0 Å². The molecule has 0 radical (unpaired) electrons. The lowest BCUT2D eigenvalue weighted by molar-refractivity contribution is -0.143. The van der Waals surface area contributed by atoms with E-state index in [4.69, 9.17) is 10.5 Å². The van der Waals surface area contributed by atoms with Gasteiger partial charge in [-0.05, 0) is 32.4 Å². The van der Waals surface area contributed by atoms with Crippen LogP contribution in [-0.4, -0.2) is 23.6 Å². The Balaban J connectivity index is 2.69. The fourth-order valence-corrected chi connectivity index (χ4v) is 1.28. The second kappa shape index (κ2) is 5.34. The summed E-state index contributed by atoms with van der Waals surface area (Å²) in [6, 6.07) is 1.38. The smallest absolute Gasteiger partial charge is 0.328 e. The monoisotopic (exact) mass is 223 g/mol. The van der Waals surface area contributed by atoms with E-state index in [-0.39, 0.29) is 5.97 Å². The number of esters is 1. The molecule has 0 saturated heterocycles. The van der Waals surface area contributed by atoms with Crippen LogP contribution in [0.15, 0.2) is 12.3 Å². The first-order valence-corrected chi connectivity index (χ1v) is 5.20. The minimum absolute atomic E-state index is 0.291. The van der Waals surface area contributed by atoms with Crippen molar-refractivity contribution in [2.24, 2.45) is 0 Å². The number of nitrogen functional groups attached to an aromatic ring is 1. The predicted molar refractivity (Wildman–Crippen MR) is 63.1 cm³/mol. The third-order valence-electron chi connectivity index (χ3n) is 2.09. The van der Waals surface area contributed by atoms with E-state index in [0.29, 0.717) is 18.1 Å². The van der Waals surface area contributed by atoms with Crippen LogP contribution >= 0.6 is 0 Å². The number of ether oxygens (including phenoxy) is 1. The minimum Gasteiger partial charge on any atom is -0.464 e. The van der Waals surface area contributed by atoms with Crippen LogP contribution in [0.25, 0.3) is 0 Å². The molecular weight excluding hydrogens is 206 g/mol. The van der Waals surface area contributed by atoms with Crippen LogP contribution in [0.1, 0.15) is 19.4 Å². The van der Waals surface area contributed by atoms with Crippen LogP contribution < -0.4 is 11.1 Å². The molecule has 0 aliphatic carbocycles. The molecule has 0 amide bonds. The average Bonchev–Trinajstić information content (AvgIpc) is 2.22. The first kappa shape index (κ1) is 12.3. The molecule has 0 spiro atoms. The number of rotatable bonds is 4. The molecule has 0 aliphatic rings. The number of aryl methyl sites for hydroxylation is 1. The molecule has 3 N–H and O–H groups in total. The van der Waals surface area contributed by atoms with Crippen molar-refractivity contribution in [1.82, 2.24) is 4.98 Å². The summed E-state index contributed by atoms with van der Waals surface area (Å²) in [7, 11) is 0. The Kier molecular flexibility index (Phi) is 4.10. The standard InChI is InChI=1S/C11H17N3O2/c1-4-16-11(15)8(3)14-10-7(2)5-9(12)6-13-10/h5-6,8H,4,12H2,1-3H3,(H,13,14). The first-order chi connectivity index (χ1) is 7.54. The number of carbonyl (C=O) groups is 1. The lowest BCUT2D eigenvalue weighted by atomic mass is 10.2. The Hall–Kier alpha value is -1.78. The van der Waals surface area contributed by atoms with Gasteiger partial charge in [0.15, 0.2) is 0 Å². The highest BCUT2D eigenvalue weighted by atomic mass is 16.5. The molecule has 1 rings (SSSR count). The van der Waals surface area contributed by atoms with Crippen molar-refractivity contribution in [3.8, 4) is 0 Å². The van der Waals surface area contributed by atoms with Crippen molar-refractivity contribution < 1.29 is 9.53 Å². The highest BCUT2D eigenvalue weighted by Gasteiger charge is 2.14. The van der Waals surface area contributed by atoms with Crippen molar-refractivity contribution in [1.29, 1.82) is 0 Å². The van der Waals surface area contributed by atoms with Gasteiger partial charge in [0.1, 0.15) is 11.9 Å². The summed E-state index contributed by atoms with van der Waals surface area (Å²) in [5, 5.41) is 2.98. The summed E-state index contributed by atoms with van der Waals surface area (Å²) in [6.45, 7) is 5.76. The van der Waals surface area contributed by atoms with Crippen LogP contribution in [0.3, 0.4) is 0 Å². The summed E-state index contributed by atoms with van der Waals surface area (Å²) >= 11 is 0. The van der Waals surface area contributed by atoms with E-state index in [1.165, 1.54) is 0 Å². The molecule has 0 saturated carbocycles. The Labute approximate surface area is 95.0 Å². The van der Waals surface area contributed by atoms with E-state index in [2.05, 4.69) is 10.3 Å². The van der Waals surface area contributed by atoms with E-state index in [9.17, 15) is 4.79 Å². The Morgan fingerprint density at radius 2 is 2.38 bits per heavy atom. The molecule has 5 nitrogen and oxygen atoms in total. The molecule has 16 heavy (non-hydrogen) atoms. The molecule has 1 aromatic heterocycles. The molecule has 5 heteroatoms. The molecule has 1 atom stereocenters. The molecule has 1 aromatic rings. The fourth-order valence-electron chi connectivity index (χ4n) is 1.28. The predicted octanol–water partition coefficient (Wildman–Crippen LogP) is 1.34. The van der Waals surface area contributed by atoms with Crippen molar-refractivity contribution in [3.63, 3.8) is 0 Å². The highest BCUT2D eigenvalue weighted by molar-refractivity contribution is 5.78. The van der Waals surface area contributed by atoms with E-state index in [1.54, 1.807) is 26.1 Å². The Morgan fingerprint density at radius 1 is 1.69 bits per heavy atom. The molecule has 1 unspecified atom stereocenters. The number of aromatic nitrogens is 1. The van der Waals surface area contributed by atoms with Gasteiger partial charge in [-0.3, -0.25) is 0 Å². The second-order valence-electron chi connectivity index (χ2n) is 3.55. The largest absolute Gasteiger partial charge is 0.464 e. The third kappa shape index (κ3) is 3.12. The lowest BCUT2D eigenvalue weighted by Crippen LogP contribution is -2.28. The normalized spacial score (nSPS) is 11.9. The molecule has 0 bridgehead atoms.